The van der Waals surface area contributed by atoms with Crippen molar-refractivity contribution in [1.29, 1.82) is 0 Å². The lowest BCUT2D eigenvalue weighted by atomic mass is 10.1. The molecule has 0 saturated carbocycles. The Morgan fingerprint density at radius 1 is 1.05 bits per heavy atom. The molecular formula is C26H35ClN2O6S2. The maximum atomic E-state index is 12.4. The van der Waals surface area contributed by atoms with Gasteiger partial charge >= 0.3 is 0 Å². The minimum atomic E-state index is -3.12. The van der Waals surface area contributed by atoms with Crippen molar-refractivity contribution >= 4 is 62.5 Å². The molecular weight excluding hydrogens is 536 g/mol. The van der Waals surface area contributed by atoms with E-state index < -0.39 is 15.8 Å². The quantitative estimate of drug-likeness (QED) is 0.389. The Balaban J connectivity index is 0.00000201. The molecule has 0 aliphatic rings. The van der Waals surface area contributed by atoms with Gasteiger partial charge in [0.1, 0.15) is 34.2 Å². The van der Waals surface area contributed by atoms with E-state index in [4.69, 9.17) is 25.9 Å². The van der Waals surface area contributed by atoms with Crippen LogP contribution in [0.4, 0.5) is 0 Å². The Morgan fingerprint density at radius 2 is 1.62 bits per heavy atom. The Labute approximate surface area is 228 Å². The second kappa shape index (κ2) is 16.8. The molecule has 3 aromatic rings. The third-order valence-electron chi connectivity index (χ3n) is 4.57. The lowest BCUT2D eigenvalue weighted by Crippen LogP contribution is -2.32. The number of fused-ring (bicyclic) bond motifs is 1. The van der Waals surface area contributed by atoms with Gasteiger partial charge in [0.25, 0.3) is 0 Å². The fourth-order valence-corrected chi connectivity index (χ4v) is 4.72. The maximum absolute atomic E-state index is 12.4. The summed E-state index contributed by atoms with van der Waals surface area (Å²) in [4.78, 5) is 33.0. The van der Waals surface area contributed by atoms with Crippen LogP contribution in [-0.4, -0.2) is 57.5 Å². The number of sulfone groups is 1. The summed E-state index contributed by atoms with van der Waals surface area (Å²) in [6, 6.07) is 11.6. The summed E-state index contributed by atoms with van der Waals surface area (Å²) in [5.41, 5.74) is 2.76. The number of hydrogen-bond donors (Lipinski definition) is 1. The van der Waals surface area contributed by atoms with Gasteiger partial charge in [-0.15, -0.1) is 11.3 Å². The molecule has 204 valence electrons. The number of rotatable bonds is 8. The number of amides is 1. The van der Waals surface area contributed by atoms with Gasteiger partial charge in [-0.2, -0.15) is 0 Å². The third kappa shape index (κ3) is 11.0. The minimum Gasteiger partial charge on any atom is -0.489 e. The molecule has 0 bridgehead atoms. The number of halogens is 1. The first kappa shape index (κ1) is 34.2. The number of benzene rings is 2. The summed E-state index contributed by atoms with van der Waals surface area (Å²) in [6.07, 6.45) is 1.19. The van der Waals surface area contributed by atoms with Crippen LogP contribution in [0.15, 0.2) is 36.4 Å². The number of carbonyl (C=O) groups is 3. The van der Waals surface area contributed by atoms with Crippen LogP contribution in [0.2, 0.25) is 5.02 Å². The molecule has 2 aromatic carbocycles. The summed E-state index contributed by atoms with van der Waals surface area (Å²) in [7, 11) is -3.12. The van der Waals surface area contributed by atoms with Crippen molar-refractivity contribution in [2.24, 2.45) is 0 Å². The first-order chi connectivity index (χ1) is 17.5. The lowest BCUT2D eigenvalue weighted by molar-refractivity contribution is -0.122. The Bertz CT molecular complexity index is 1240. The zero-order chi connectivity index (χ0) is 28.8. The summed E-state index contributed by atoms with van der Waals surface area (Å²) in [5, 5.41) is 3.90. The molecule has 1 amide bonds. The summed E-state index contributed by atoms with van der Waals surface area (Å²) < 4.78 is 29.1. The van der Waals surface area contributed by atoms with Crippen LogP contribution in [0, 0.1) is 0 Å². The zero-order valence-corrected chi connectivity index (χ0v) is 24.4. The predicted octanol–water partition coefficient (Wildman–Crippen LogP) is 5.32. The van der Waals surface area contributed by atoms with Crippen LogP contribution in [0.5, 0.6) is 5.75 Å². The van der Waals surface area contributed by atoms with Crippen LogP contribution in [0.25, 0.3) is 21.3 Å². The topological polar surface area (TPSA) is 120 Å². The van der Waals surface area contributed by atoms with Crippen molar-refractivity contribution in [1.82, 2.24) is 10.3 Å². The van der Waals surface area contributed by atoms with Gasteiger partial charge in [-0.3, -0.25) is 4.79 Å². The van der Waals surface area contributed by atoms with Gasteiger partial charge in [0.2, 0.25) is 5.91 Å². The molecule has 3 rings (SSSR count). The average molecular weight is 571 g/mol. The zero-order valence-electron chi connectivity index (χ0n) is 22.0. The number of thiazole rings is 1. The smallest absolute Gasteiger partial charge is 0.229 e. The second-order valence-corrected chi connectivity index (χ2v) is 11.4. The van der Waals surface area contributed by atoms with Gasteiger partial charge in [-0.25, -0.2) is 13.4 Å². The Hall–Kier alpha value is -2.82. The molecule has 1 unspecified atom stereocenters. The van der Waals surface area contributed by atoms with E-state index in [0.29, 0.717) is 15.8 Å². The molecule has 1 aromatic heterocycles. The molecule has 0 saturated heterocycles. The molecule has 1 atom stereocenters. The fraction of sp³-hybridized carbons (Fsp3) is 0.385. The number of hydrogen-bond acceptors (Lipinski definition) is 8. The predicted molar refractivity (Wildman–Crippen MR) is 153 cm³/mol. The van der Waals surface area contributed by atoms with E-state index in [0.717, 1.165) is 27.6 Å². The normalized spacial score (nSPS) is 11.1. The lowest BCUT2D eigenvalue weighted by Gasteiger charge is -2.12. The molecule has 8 nitrogen and oxygen atoms in total. The van der Waals surface area contributed by atoms with E-state index in [9.17, 15) is 13.2 Å². The monoisotopic (exact) mass is 570 g/mol. The number of nitrogens with one attached hydrogen (secondary N) is 1. The highest BCUT2D eigenvalue weighted by Gasteiger charge is 2.20. The van der Waals surface area contributed by atoms with Gasteiger partial charge in [0.15, 0.2) is 0 Å². The first-order valence-corrected chi connectivity index (χ1v) is 14.7. The number of nitrogens with zero attached hydrogens (tertiary/aromatic N) is 1. The van der Waals surface area contributed by atoms with Crippen LogP contribution >= 0.6 is 22.9 Å². The first-order valence-electron chi connectivity index (χ1n) is 11.4. The molecule has 0 radical (unpaired) electrons. The van der Waals surface area contributed by atoms with Gasteiger partial charge in [0, 0.05) is 12.8 Å². The van der Waals surface area contributed by atoms with Gasteiger partial charge in [-0.1, -0.05) is 37.6 Å². The van der Waals surface area contributed by atoms with Crippen molar-refractivity contribution in [3.63, 3.8) is 0 Å². The largest absolute Gasteiger partial charge is 0.489 e. The highest BCUT2D eigenvalue weighted by atomic mass is 35.5. The molecule has 0 spiro atoms. The van der Waals surface area contributed by atoms with E-state index in [2.05, 4.69) is 10.3 Å². The van der Waals surface area contributed by atoms with E-state index >= 15 is 0 Å². The molecule has 1 heterocycles. The Kier molecular flexibility index (Phi) is 15.5. The van der Waals surface area contributed by atoms with Crippen LogP contribution < -0.4 is 10.1 Å². The van der Waals surface area contributed by atoms with Crippen LogP contribution in [-0.2, 0) is 24.2 Å². The SMILES string of the molecule is C=O.C=O.CC.CC(C)Oc1ccc(-c2ccc3nc(C(C)C(=O)NCCS(C)(=O)=O)sc3c2)cc1Cl. The second-order valence-electron chi connectivity index (χ2n) is 7.69. The summed E-state index contributed by atoms with van der Waals surface area (Å²) in [5.74, 6) is -0.145. The molecule has 1 N–H and O–H groups in total. The molecule has 11 heteroatoms. The average Bonchev–Trinajstić information content (AvgIpc) is 3.31. The van der Waals surface area contributed by atoms with Crippen molar-refractivity contribution in [2.45, 2.75) is 46.6 Å². The van der Waals surface area contributed by atoms with Gasteiger partial charge in [-0.05, 0) is 56.2 Å². The molecule has 37 heavy (non-hydrogen) atoms. The molecule has 0 aliphatic carbocycles. The Morgan fingerprint density at radius 3 is 2.16 bits per heavy atom. The van der Waals surface area contributed by atoms with Crippen molar-refractivity contribution in [3.05, 3.63) is 46.4 Å². The highest BCUT2D eigenvalue weighted by molar-refractivity contribution is 7.90. The number of ether oxygens (including phenoxy) is 1. The summed E-state index contributed by atoms with van der Waals surface area (Å²) >= 11 is 7.82. The van der Waals surface area contributed by atoms with E-state index in [1.54, 1.807) is 6.92 Å². The van der Waals surface area contributed by atoms with Crippen molar-refractivity contribution in [2.75, 3.05) is 18.6 Å². The third-order valence-corrected chi connectivity index (χ3v) is 7.01. The number of aromatic nitrogens is 1. The van der Waals surface area contributed by atoms with Crippen molar-refractivity contribution < 1.29 is 27.5 Å². The van der Waals surface area contributed by atoms with Crippen molar-refractivity contribution in [3.8, 4) is 16.9 Å². The fourth-order valence-electron chi connectivity index (χ4n) is 2.96. The van der Waals surface area contributed by atoms with Crippen LogP contribution in [0.3, 0.4) is 0 Å². The summed E-state index contributed by atoms with van der Waals surface area (Å²) in [6.45, 7) is 13.8. The standard InChI is InChI=1S/C22H25ClN2O4S2.C2H6.2CH2O/c1-13(2)29-19-8-6-15(11-17(19)23)16-5-7-18-20(12-16)30-22(25-18)14(3)21(26)24-9-10-31(4,27)28;3*1-2/h5-8,11-14H,9-10H2,1-4H3,(H,24,26);1-2H3;2*1H2. The minimum absolute atomic E-state index is 0.0425. The molecule has 0 aliphatic heterocycles. The highest BCUT2D eigenvalue weighted by Crippen LogP contribution is 2.34. The van der Waals surface area contributed by atoms with Crippen LogP contribution in [0.1, 0.15) is 45.5 Å². The van der Waals surface area contributed by atoms with Gasteiger partial charge < -0.3 is 19.6 Å². The van der Waals surface area contributed by atoms with E-state index in [1.807, 2.05) is 77.7 Å². The molecule has 0 fully saturated rings. The van der Waals surface area contributed by atoms with Gasteiger partial charge in [0.05, 0.1) is 33.0 Å². The van der Waals surface area contributed by atoms with E-state index in [1.165, 1.54) is 11.3 Å². The number of carbonyl (C=O) groups excluding carboxylic acids is 3. The van der Waals surface area contributed by atoms with E-state index in [-0.39, 0.29) is 24.3 Å². The maximum Gasteiger partial charge on any atom is 0.229 e.